The molecule has 0 spiro atoms. The van der Waals surface area contributed by atoms with Crippen LogP contribution in [-0.2, 0) is 0 Å². The molecule has 18 heavy (non-hydrogen) atoms. The Morgan fingerprint density at radius 3 is 2.61 bits per heavy atom. The van der Waals surface area contributed by atoms with Gasteiger partial charge in [-0.15, -0.1) is 0 Å². The van der Waals surface area contributed by atoms with E-state index in [0.29, 0.717) is 5.56 Å². The summed E-state index contributed by atoms with van der Waals surface area (Å²) in [5.74, 6) is -1.12. The van der Waals surface area contributed by atoms with Crippen LogP contribution in [0.2, 0.25) is 0 Å². The van der Waals surface area contributed by atoms with Crippen molar-refractivity contribution in [3.63, 3.8) is 0 Å². The molecule has 92 valence electrons. The zero-order chi connectivity index (χ0) is 13.3. The van der Waals surface area contributed by atoms with E-state index >= 15 is 0 Å². The normalized spacial score (nSPS) is 10.3. The smallest absolute Gasteiger partial charge is 0.345 e. The van der Waals surface area contributed by atoms with Crippen LogP contribution < -0.4 is 5.69 Å². The van der Waals surface area contributed by atoms with Gasteiger partial charge < -0.3 is 10.1 Å². The van der Waals surface area contributed by atoms with Crippen LogP contribution in [0.4, 0.5) is 0 Å². The highest BCUT2D eigenvalue weighted by atomic mass is 16.4. The van der Waals surface area contributed by atoms with Crippen LogP contribution in [0.1, 0.15) is 21.5 Å². The van der Waals surface area contributed by atoms with E-state index in [2.05, 4.69) is 9.97 Å². The standard InChI is InChI=1S/C13H12N2O3/c1-7-3-4-9(5-8(7)2)11-10(12(16)17)6-14-13(18)15-11/h3-6H,1-2H3,(H,16,17)(H,14,15,18). The van der Waals surface area contributed by atoms with Gasteiger partial charge in [-0.25, -0.2) is 14.6 Å². The van der Waals surface area contributed by atoms with Gasteiger partial charge in [0.15, 0.2) is 0 Å². The molecule has 0 bridgehead atoms. The van der Waals surface area contributed by atoms with Gasteiger partial charge in [-0.05, 0) is 36.6 Å². The molecular formula is C13H12N2O3. The maximum absolute atomic E-state index is 11.2. The zero-order valence-corrected chi connectivity index (χ0v) is 10.0. The number of aromatic nitrogens is 2. The first-order valence-electron chi connectivity index (χ1n) is 5.39. The summed E-state index contributed by atoms with van der Waals surface area (Å²) in [5, 5.41) is 9.08. The Morgan fingerprint density at radius 2 is 2.00 bits per heavy atom. The fraction of sp³-hybridized carbons (Fsp3) is 0.154. The Morgan fingerprint density at radius 1 is 1.28 bits per heavy atom. The maximum atomic E-state index is 11.2. The van der Waals surface area contributed by atoms with Crippen molar-refractivity contribution < 1.29 is 9.90 Å². The molecule has 2 rings (SSSR count). The number of H-pyrrole nitrogens is 1. The summed E-state index contributed by atoms with van der Waals surface area (Å²) >= 11 is 0. The van der Waals surface area contributed by atoms with E-state index in [4.69, 9.17) is 5.11 Å². The Labute approximate surface area is 103 Å². The fourth-order valence-corrected chi connectivity index (χ4v) is 1.68. The number of carboxylic acid groups (broad SMARTS) is 1. The highest BCUT2D eigenvalue weighted by molar-refractivity contribution is 5.94. The minimum atomic E-state index is -1.12. The molecule has 5 nitrogen and oxygen atoms in total. The van der Waals surface area contributed by atoms with E-state index in [1.165, 1.54) is 0 Å². The van der Waals surface area contributed by atoms with Gasteiger partial charge in [0.25, 0.3) is 0 Å². The number of aromatic carboxylic acids is 1. The summed E-state index contributed by atoms with van der Waals surface area (Å²) in [5.41, 5.74) is 2.50. The van der Waals surface area contributed by atoms with Crippen molar-refractivity contribution in [2.24, 2.45) is 0 Å². The highest BCUT2D eigenvalue weighted by Gasteiger charge is 2.13. The summed E-state index contributed by atoms with van der Waals surface area (Å²) in [4.78, 5) is 28.2. The molecule has 0 atom stereocenters. The average Bonchev–Trinajstić information content (AvgIpc) is 2.32. The van der Waals surface area contributed by atoms with Gasteiger partial charge in [0.2, 0.25) is 0 Å². The van der Waals surface area contributed by atoms with E-state index in [1.807, 2.05) is 26.0 Å². The number of aryl methyl sites for hydroxylation is 2. The van der Waals surface area contributed by atoms with E-state index in [0.717, 1.165) is 17.3 Å². The first-order chi connectivity index (χ1) is 8.49. The van der Waals surface area contributed by atoms with Crippen molar-refractivity contribution in [3.8, 4) is 11.3 Å². The monoisotopic (exact) mass is 244 g/mol. The Kier molecular flexibility index (Phi) is 2.97. The minimum absolute atomic E-state index is 0.0159. The number of carbonyl (C=O) groups is 1. The van der Waals surface area contributed by atoms with Gasteiger partial charge in [0, 0.05) is 6.20 Å². The summed E-state index contributed by atoms with van der Waals surface area (Å²) in [6.45, 7) is 3.89. The maximum Gasteiger partial charge on any atom is 0.345 e. The van der Waals surface area contributed by atoms with Gasteiger partial charge in [-0.2, -0.15) is 0 Å². The van der Waals surface area contributed by atoms with E-state index in [-0.39, 0.29) is 11.3 Å². The van der Waals surface area contributed by atoms with E-state index in [9.17, 15) is 9.59 Å². The summed E-state index contributed by atoms with van der Waals surface area (Å²) in [6, 6.07) is 5.50. The number of nitrogens with one attached hydrogen (secondary N) is 1. The summed E-state index contributed by atoms with van der Waals surface area (Å²) < 4.78 is 0. The lowest BCUT2D eigenvalue weighted by Crippen LogP contribution is -2.15. The van der Waals surface area contributed by atoms with Crippen LogP contribution in [-0.4, -0.2) is 21.0 Å². The molecule has 0 unspecified atom stereocenters. The van der Waals surface area contributed by atoms with Crippen molar-refractivity contribution in [1.82, 2.24) is 9.97 Å². The number of benzene rings is 1. The number of rotatable bonds is 2. The molecule has 0 aliphatic carbocycles. The molecule has 5 heteroatoms. The van der Waals surface area contributed by atoms with Crippen molar-refractivity contribution in [3.05, 3.63) is 51.6 Å². The lowest BCUT2D eigenvalue weighted by molar-refractivity contribution is 0.0697. The second-order valence-corrected chi connectivity index (χ2v) is 4.08. The van der Waals surface area contributed by atoms with Gasteiger partial charge in [-0.3, -0.25) is 0 Å². The number of nitrogens with zero attached hydrogens (tertiary/aromatic N) is 1. The molecule has 0 amide bonds. The zero-order valence-electron chi connectivity index (χ0n) is 10.0. The minimum Gasteiger partial charge on any atom is -0.478 e. The number of carboxylic acids is 1. The molecule has 1 aromatic heterocycles. The molecule has 0 saturated heterocycles. The Hall–Kier alpha value is -2.43. The lowest BCUT2D eigenvalue weighted by Gasteiger charge is -2.07. The Balaban J connectivity index is 2.69. The van der Waals surface area contributed by atoms with Crippen LogP contribution in [0.15, 0.2) is 29.2 Å². The third-order valence-electron chi connectivity index (χ3n) is 2.84. The first kappa shape index (κ1) is 12.0. The fourth-order valence-electron chi connectivity index (χ4n) is 1.68. The van der Waals surface area contributed by atoms with Crippen LogP contribution in [0, 0.1) is 13.8 Å². The van der Waals surface area contributed by atoms with Gasteiger partial charge >= 0.3 is 11.7 Å². The van der Waals surface area contributed by atoms with Gasteiger partial charge in [0.1, 0.15) is 5.56 Å². The SMILES string of the molecule is Cc1ccc(-c2[nH]c(=O)ncc2C(=O)O)cc1C. The second kappa shape index (κ2) is 4.44. The molecule has 0 aliphatic heterocycles. The lowest BCUT2D eigenvalue weighted by atomic mass is 10.0. The molecule has 1 heterocycles. The average molecular weight is 244 g/mol. The molecule has 0 aliphatic rings. The number of aromatic amines is 1. The third-order valence-corrected chi connectivity index (χ3v) is 2.84. The highest BCUT2D eigenvalue weighted by Crippen LogP contribution is 2.22. The second-order valence-electron chi connectivity index (χ2n) is 4.08. The Bertz CT molecular complexity index is 674. The molecule has 0 saturated carbocycles. The van der Waals surface area contributed by atoms with E-state index < -0.39 is 11.7 Å². The van der Waals surface area contributed by atoms with Crippen molar-refractivity contribution in [1.29, 1.82) is 0 Å². The molecule has 0 fully saturated rings. The molecule has 0 radical (unpaired) electrons. The van der Waals surface area contributed by atoms with Crippen LogP contribution in [0.5, 0.6) is 0 Å². The van der Waals surface area contributed by atoms with Crippen LogP contribution >= 0.6 is 0 Å². The van der Waals surface area contributed by atoms with Crippen molar-refractivity contribution in [2.45, 2.75) is 13.8 Å². The van der Waals surface area contributed by atoms with Gasteiger partial charge in [0.05, 0.1) is 5.69 Å². The van der Waals surface area contributed by atoms with Crippen molar-refractivity contribution >= 4 is 5.97 Å². The van der Waals surface area contributed by atoms with Gasteiger partial charge in [-0.1, -0.05) is 12.1 Å². The number of hydrogen-bond acceptors (Lipinski definition) is 3. The van der Waals surface area contributed by atoms with E-state index in [1.54, 1.807) is 6.07 Å². The third kappa shape index (κ3) is 2.15. The summed E-state index contributed by atoms with van der Waals surface area (Å²) in [7, 11) is 0. The molecular weight excluding hydrogens is 232 g/mol. The molecule has 1 aromatic carbocycles. The quantitative estimate of drug-likeness (QED) is 0.843. The topological polar surface area (TPSA) is 83.0 Å². The molecule has 2 aromatic rings. The predicted molar refractivity (Wildman–Crippen MR) is 66.7 cm³/mol. The van der Waals surface area contributed by atoms with Crippen molar-refractivity contribution in [2.75, 3.05) is 0 Å². The number of hydrogen-bond donors (Lipinski definition) is 2. The predicted octanol–water partition coefficient (Wildman–Crippen LogP) is 1.75. The van der Waals surface area contributed by atoms with Crippen LogP contribution in [0.3, 0.4) is 0 Å². The summed E-state index contributed by atoms with van der Waals surface area (Å²) in [6.07, 6.45) is 1.08. The first-order valence-corrected chi connectivity index (χ1v) is 5.39. The molecule has 2 N–H and O–H groups in total. The van der Waals surface area contributed by atoms with Crippen LogP contribution in [0.25, 0.3) is 11.3 Å². The largest absolute Gasteiger partial charge is 0.478 e.